The molecule has 9 heavy (non-hydrogen) atoms. The van der Waals surface area contributed by atoms with Gasteiger partial charge in [-0.05, 0) is 0 Å². The van der Waals surface area contributed by atoms with Gasteiger partial charge in [0.15, 0.2) is 0 Å². The summed E-state index contributed by atoms with van der Waals surface area (Å²) in [5.74, 6) is 0. The fourth-order valence-corrected chi connectivity index (χ4v) is 0.0680. The summed E-state index contributed by atoms with van der Waals surface area (Å²) in [5, 5.41) is 0. The molecule has 0 unspecified atom stereocenters. The summed E-state index contributed by atoms with van der Waals surface area (Å²) in [4.78, 5) is 0. The van der Waals surface area contributed by atoms with Crippen molar-refractivity contribution in [1.29, 1.82) is 0 Å². The van der Waals surface area contributed by atoms with Crippen LogP contribution in [0.5, 0.6) is 0 Å². The third kappa shape index (κ3) is 41.2. The van der Waals surface area contributed by atoms with Crippen molar-refractivity contribution >= 4 is 0 Å². The minimum atomic E-state index is -0.847. The van der Waals surface area contributed by atoms with E-state index in [0.717, 1.165) is 0 Å². The SMILES string of the molecule is C=COC=C.FCCF. The van der Waals surface area contributed by atoms with E-state index in [1.54, 1.807) is 0 Å². The van der Waals surface area contributed by atoms with Gasteiger partial charge in [-0.3, -0.25) is 0 Å². The fraction of sp³-hybridized carbons (Fsp3) is 0.333. The van der Waals surface area contributed by atoms with Crippen molar-refractivity contribution in [2.45, 2.75) is 0 Å². The molecule has 3 heteroatoms. The van der Waals surface area contributed by atoms with Gasteiger partial charge in [0.25, 0.3) is 0 Å². The standard InChI is InChI=1S/C4H6O.C2H4F2/c1-3-5-4-2;3-1-2-4/h3-4H,1-2H2;1-2H2. The molecule has 0 saturated carbocycles. The molecule has 0 aliphatic rings. The van der Waals surface area contributed by atoms with Gasteiger partial charge in [0.1, 0.15) is 13.3 Å². The second kappa shape index (κ2) is 15.7. The third-order valence-corrected chi connectivity index (χ3v) is 0.264. The van der Waals surface area contributed by atoms with Crippen LogP contribution in [0, 0.1) is 0 Å². The molecule has 0 N–H and O–H groups in total. The van der Waals surface area contributed by atoms with E-state index in [1.807, 2.05) is 0 Å². The minimum Gasteiger partial charge on any atom is -0.474 e. The van der Waals surface area contributed by atoms with Crippen LogP contribution in [-0.4, -0.2) is 13.3 Å². The van der Waals surface area contributed by atoms with Crippen LogP contribution in [0.4, 0.5) is 8.78 Å². The molecule has 0 fully saturated rings. The predicted octanol–water partition coefficient (Wildman–Crippen LogP) is 2.22. The Kier molecular flexibility index (Phi) is 19.2. The number of hydrogen-bond donors (Lipinski definition) is 0. The molecule has 0 aromatic carbocycles. The summed E-state index contributed by atoms with van der Waals surface area (Å²) < 4.78 is 25.1. The van der Waals surface area contributed by atoms with E-state index < -0.39 is 13.3 Å². The molecule has 54 valence electrons. The van der Waals surface area contributed by atoms with Crippen LogP contribution < -0.4 is 0 Å². The Morgan fingerprint density at radius 2 is 1.44 bits per heavy atom. The summed E-state index contributed by atoms with van der Waals surface area (Å²) in [7, 11) is 0. The van der Waals surface area contributed by atoms with E-state index in [2.05, 4.69) is 17.9 Å². The molecule has 0 saturated heterocycles. The summed E-state index contributed by atoms with van der Waals surface area (Å²) in [6, 6.07) is 0. The number of rotatable bonds is 3. The van der Waals surface area contributed by atoms with Gasteiger partial charge in [0.2, 0.25) is 0 Å². The fourth-order valence-electron chi connectivity index (χ4n) is 0.0680. The first-order valence-corrected chi connectivity index (χ1v) is 2.32. The van der Waals surface area contributed by atoms with Crippen LogP contribution in [-0.2, 0) is 4.74 Å². The van der Waals surface area contributed by atoms with E-state index >= 15 is 0 Å². The van der Waals surface area contributed by atoms with E-state index in [9.17, 15) is 8.78 Å². The molecule has 0 atom stereocenters. The van der Waals surface area contributed by atoms with Gasteiger partial charge in [-0.1, -0.05) is 13.2 Å². The zero-order valence-corrected chi connectivity index (χ0v) is 5.15. The second-order valence-electron chi connectivity index (χ2n) is 0.847. The Morgan fingerprint density at radius 3 is 1.44 bits per heavy atom. The summed E-state index contributed by atoms with van der Waals surface area (Å²) in [6.45, 7) is 4.82. The highest BCUT2D eigenvalue weighted by atomic mass is 19.2. The maximum atomic E-state index is 10.3. The molecule has 0 aliphatic carbocycles. The molecule has 0 aromatic rings. The van der Waals surface area contributed by atoms with Crippen molar-refractivity contribution < 1.29 is 13.5 Å². The lowest BCUT2D eigenvalue weighted by atomic mass is 10.9. The lowest BCUT2D eigenvalue weighted by molar-refractivity contribution is 0.380. The highest BCUT2D eigenvalue weighted by Gasteiger charge is 1.65. The summed E-state index contributed by atoms with van der Waals surface area (Å²) >= 11 is 0. The van der Waals surface area contributed by atoms with Crippen LogP contribution in [0.3, 0.4) is 0 Å². The van der Waals surface area contributed by atoms with Gasteiger partial charge in [-0.15, -0.1) is 0 Å². The second-order valence-corrected chi connectivity index (χ2v) is 0.847. The van der Waals surface area contributed by atoms with Crippen LogP contribution >= 0.6 is 0 Å². The van der Waals surface area contributed by atoms with E-state index in [1.165, 1.54) is 12.5 Å². The van der Waals surface area contributed by atoms with Crippen molar-refractivity contribution in [1.82, 2.24) is 0 Å². The zero-order chi connectivity index (χ0) is 7.54. The summed E-state index contributed by atoms with van der Waals surface area (Å²) in [5.41, 5.74) is 0. The number of hydrogen-bond acceptors (Lipinski definition) is 1. The Hall–Kier alpha value is -0.860. The molecule has 0 aliphatic heterocycles. The molecule has 0 bridgehead atoms. The molecule has 0 radical (unpaired) electrons. The molecule has 0 heterocycles. The molecular formula is C6H10F2O. The third-order valence-electron chi connectivity index (χ3n) is 0.264. The quantitative estimate of drug-likeness (QED) is 0.540. The Morgan fingerprint density at radius 1 is 1.11 bits per heavy atom. The minimum absolute atomic E-state index is 0.847. The van der Waals surface area contributed by atoms with E-state index in [4.69, 9.17) is 0 Å². The first kappa shape index (κ1) is 11.0. The van der Waals surface area contributed by atoms with Gasteiger partial charge in [-0.2, -0.15) is 0 Å². The van der Waals surface area contributed by atoms with Gasteiger partial charge in [-0.25, -0.2) is 8.78 Å². The number of halogens is 2. The largest absolute Gasteiger partial charge is 0.474 e. The topological polar surface area (TPSA) is 9.23 Å². The molecule has 0 aromatic heterocycles. The molecule has 1 nitrogen and oxygen atoms in total. The average Bonchev–Trinajstić information content (AvgIpc) is 1.91. The van der Waals surface area contributed by atoms with Gasteiger partial charge >= 0.3 is 0 Å². The molecule has 0 rings (SSSR count). The van der Waals surface area contributed by atoms with Crippen LogP contribution in [0.25, 0.3) is 0 Å². The molecule has 0 amide bonds. The smallest absolute Gasteiger partial charge is 0.118 e. The lowest BCUT2D eigenvalue weighted by Gasteiger charge is -1.76. The van der Waals surface area contributed by atoms with Gasteiger partial charge in [0.05, 0.1) is 12.5 Å². The van der Waals surface area contributed by atoms with Crippen molar-refractivity contribution in [3.63, 3.8) is 0 Å². The van der Waals surface area contributed by atoms with Gasteiger partial charge < -0.3 is 4.74 Å². The van der Waals surface area contributed by atoms with E-state index in [0.29, 0.717) is 0 Å². The Balaban J connectivity index is 0. The van der Waals surface area contributed by atoms with Crippen molar-refractivity contribution in [2.75, 3.05) is 13.3 Å². The highest BCUT2D eigenvalue weighted by Crippen LogP contribution is 1.65. The van der Waals surface area contributed by atoms with Crippen molar-refractivity contribution in [3.05, 3.63) is 25.7 Å². The maximum Gasteiger partial charge on any atom is 0.118 e. The monoisotopic (exact) mass is 136 g/mol. The number of ether oxygens (including phenoxy) is 1. The number of alkyl halides is 2. The molecule has 0 spiro atoms. The Bertz CT molecular complexity index is 56.1. The Labute approximate surface area is 53.6 Å². The van der Waals surface area contributed by atoms with Crippen LogP contribution in [0.15, 0.2) is 25.7 Å². The van der Waals surface area contributed by atoms with E-state index in [-0.39, 0.29) is 0 Å². The normalized spacial score (nSPS) is 6.44. The maximum absolute atomic E-state index is 10.3. The van der Waals surface area contributed by atoms with Crippen LogP contribution in [0.1, 0.15) is 0 Å². The predicted molar refractivity (Wildman–Crippen MR) is 33.4 cm³/mol. The first-order valence-electron chi connectivity index (χ1n) is 2.32. The van der Waals surface area contributed by atoms with Crippen molar-refractivity contribution in [3.8, 4) is 0 Å². The zero-order valence-electron chi connectivity index (χ0n) is 5.15. The van der Waals surface area contributed by atoms with Gasteiger partial charge in [0, 0.05) is 0 Å². The highest BCUT2D eigenvalue weighted by molar-refractivity contribution is 4.57. The average molecular weight is 136 g/mol. The van der Waals surface area contributed by atoms with Crippen molar-refractivity contribution in [2.24, 2.45) is 0 Å². The molecular weight excluding hydrogens is 126 g/mol. The first-order chi connectivity index (χ1) is 4.33. The summed E-state index contributed by atoms with van der Waals surface area (Å²) in [6.07, 6.45) is 2.62. The lowest BCUT2D eigenvalue weighted by Crippen LogP contribution is -1.68. The van der Waals surface area contributed by atoms with Crippen LogP contribution in [0.2, 0.25) is 0 Å².